The van der Waals surface area contributed by atoms with Crippen molar-refractivity contribution in [2.24, 2.45) is 11.8 Å². The Balaban J connectivity index is 1.97. The van der Waals surface area contributed by atoms with Gasteiger partial charge in [-0.15, -0.1) is 0 Å². The molecule has 1 aromatic rings. The van der Waals surface area contributed by atoms with Crippen LogP contribution < -0.4 is 0 Å². The Morgan fingerprint density at radius 1 is 1.13 bits per heavy atom. The highest BCUT2D eigenvalue weighted by molar-refractivity contribution is 5.81. The molecule has 0 unspecified atom stereocenters. The van der Waals surface area contributed by atoms with Gasteiger partial charge in [-0.3, -0.25) is 0 Å². The van der Waals surface area contributed by atoms with E-state index in [1.165, 1.54) is 35.6 Å². The molecule has 1 N–H and O–H groups in total. The van der Waals surface area contributed by atoms with Crippen LogP contribution >= 0.6 is 0 Å². The minimum atomic E-state index is -0.902. The van der Waals surface area contributed by atoms with E-state index in [2.05, 4.69) is 58.9 Å². The summed E-state index contributed by atoms with van der Waals surface area (Å²) in [6.07, 6.45) is 7.83. The first-order valence-electron chi connectivity index (χ1n) is 11.3. The Morgan fingerprint density at radius 2 is 1.77 bits per heavy atom. The lowest BCUT2D eigenvalue weighted by molar-refractivity contribution is -0.131. The highest BCUT2D eigenvalue weighted by Gasteiger charge is 2.60. The molecule has 30 heavy (non-hydrogen) atoms. The number of benzene rings is 1. The lowest BCUT2D eigenvalue weighted by Crippen LogP contribution is -2.34. The van der Waals surface area contributed by atoms with Crippen molar-refractivity contribution < 1.29 is 14.6 Å². The molecule has 0 radical (unpaired) electrons. The zero-order chi connectivity index (χ0) is 22.3. The summed E-state index contributed by atoms with van der Waals surface area (Å²) in [4.78, 5) is 10.9. The fourth-order valence-corrected chi connectivity index (χ4v) is 5.32. The van der Waals surface area contributed by atoms with Crippen LogP contribution in [-0.4, -0.2) is 24.3 Å². The Hall–Kier alpha value is -1.87. The first-order valence-corrected chi connectivity index (χ1v) is 11.3. The molecule has 1 aromatic carbocycles. The lowest BCUT2D eigenvalue weighted by Gasteiger charge is -2.42. The van der Waals surface area contributed by atoms with Crippen LogP contribution in [0.3, 0.4) is 0 Å². The highest BCUT2D eigenvalue weighted by Crippen LogP contribution is 2.61. The zero-order valence-electron chi connectivity index (χ0n) is 19.7. The van der Waals surface area contributed by atoms with Gasteiger partial charge in [0.2, 0.25) is 0 Å². The maximum absolute atomic E-state index is 10.9. The Kier molecular flexibility index (Phi) is 6.08. The molecule has 3 atom stereocenters. The quantitative estimate of drug-likeness (QED) is 0.432. The molecule has 2 aliphatic rings. The minimum Gasteiger partial charge on any atom is -0.478 e. The summed E-state index contributed by atoms with van der Waals surface area (Å²) in [5.74, 6) is -0.149. The number of ether oxygens (including phenoxy) is 1. The first-order chi connectivity index (χ1) is 13.9. The number of hydrogen-bond acceptors (Lipinski definition) is 2. The Labute approximate surface area is 182 Å². The topological polar surface area (TPSA) is 46.5 Å². The van der Waals surface area contributed by atoms with Gasteiger partial charge in [-0.2, -0.15) is 0 Å². The summed E-state index contributed by atoms with van der Waals surface area (Å²) in [6, 6.07) is 7.15. The second-order valence-corrected chi connectivity index (χ2v) is 10.7. The van der Waals surface area contributed by atoms with Crippen LogP contribution in [0.25, 0.3) is 0 Å². The molecule has 3 nitrogen and oxygen atoms in total. The van der Waals surface area contributed by atoms with Gasteiger partial charge in [0.25, 0.3) is 0 Å². The van der Waals surface area contributed by atoms with Gasteiger partial charge in [0.05, 0.1) is 6.61 Å². The second-order valence-electron chi connectivity index (χ2n) is 10.7. The Bertz CT molecular complexity index is 874. The van der Waals surface area contributed by atoms with Crippen molar-refractivity contribution in [3.8, 4) is 0 Å². The van der Waals surface area contributed by atoms with Crippen molar-refractivity contribution in [1.29, 1.82) is 0 Å². The van der Waals surface area contributed by atoms with Crippen LogP contribution in [0.15, 0.2) is 42.0 Å². The third-order valence-electron chi connectivity index (χ3n) is 7.68. The van der Waals surface area contributed by atoms with E-state index in [4.69, 9.17) is 9.84 Å². The maximum Gasteiger partial charge on any atom is 0.328 e. The van der Waals surface area contributed by atoms with E-state index in [1.54, 1.807) is 0 Å². The van der Waals surface area contributed by atoms with Gasteiger partial charge in [0.1, 0.15) is 0 Å². The summed E-state index contributed by atoms with van der Waals surface area (Å²) < 4.78 is 5.82. The molecule has 2 aliphatic carbocycles. The molecule has 1 fully saturated rings. The van der Waals surface area contributed by atoms with Crippen LogP contribution in [-0.2, 0) is 25.8 Å². The van der Waals surface area contributed by atoms with Crippen LogP contribution in [0, 0.1) is 11.8 Å². The van der Waals surface area contributed by atoms with E-state index in [-0.39, 0.29) is 16.2 Å². The van der Waals surface area contributed by atoms with Gasteiger partial charge in [-0.05, 0) is 71.6 Å². The van der Waals surface area contributed by atoms with Gasteiger partial charge in [0.15, 0.2) is 0 Å². The van der Waals surface area contributed by atoms with E-state index >= 15 is 0 Å². The largest absolute Gasteiger partial charge is 0.478 e. The Morgan fingerprint density at radius 3 is 2.37 bits per heavy atom. The van der Waals surface area contributed by atoms with E-state index in [0.717, 1.165) is 12.2 Å². The summed E-state index contributed by atoms with van der Waals surface area (Å²) in [7, 11) is 0. The summed E-state index contributed by atoms with van der Waals surface area (Å²) in [5.41, 5.74) is 5.54. The number of carboxylic acids is 1. The number of rotatable bonds is 7. The first kappa shape index (κ1) is 22.8. The lowest BCUT2D eigenvalue weighted by atomic mass is 9.62. The highest BCUT2D eigenvalue weighted by atomic mass is 16.5. The van der Waals surface area contributed by atoms with Crippen LogP contribution in [0.4, 0.5) is 0 Å². The average molecular weight is 411 g/mol. The van der Waals surface area contributed by atoms with E-state index < -0.39 is 5.97 Å². The smallest absolute Gasteiger partial charge is 0.328 e. The number of hydrogen-bond donors (Lipinski definition) is 1. The van der Waals surface area contributed by atoms with Crippen LogP contribution in [0.2, 0.25) is 0 Å². The number of aliphatic carboxylic acids is 1. The molecule has 0 bridgehead atoms. The molecule has 0 heterocycles. The summed E-state index contributed by atoms with van der Waals surface area (Å²) in [5, 5.41) is 8.99. The number of carboxylic acid groups (broad SMARTS) is 1. The predicted octanol–water partition coefficient (Wildman–Crippen LogP) is 6.16. The minimum absolute atomic E-state index is 0.0157. The second kappa shape index (κ2) is 8.00. The fourth-order valence-electron chi connectivity index (χ4n) is 5.32. The molecular weight excluding hydrogens is 372 g/mol. The van der Waals surface area contributed by atoms with Crippen molar-refractivity contribution in [2.45, 2.75) is 77.6 Å². The van der Waals surface area contributed by atoms with Gasteiger partial charge in [-0.25, -0.2) is 4.79 Å². The van der Waals surface area contributed by atoms with Gasteiger partial charge < -0.3 is 9.84 Å². The number of fused-ring (bicyclic) bond motifs is 1. The maximum atomic E-state index is 10.9. The molecule has 3 heteroatoms. The SMILES string of the molecule is CCOC[C@@H]1[C@H](C=CC(C)=CC(=O)O)[C@@]1(C)c1ccc2c(c1)C(C)(C)CCC2(C)C. The molecule has 0 amide bonds. The van der Waals surface area contributed by atoms with Gasteiger partial charge >= 0.3 is 5.97 Å². The van der Waals surface area contributed by atoms with Crippen molar-refractivity contribution in [3.05, 3.63) is 58.7 Å². The summed E-state index contributed by atoms with van der Waals surface area (Å²) >= 11 is 0. The standard InChI is InChI=1S/C27H38O3/c1-8-30-17-23-21(11-9-18(2)15-24(28)29)27(23,7)19-10-12-20-22(16-19)26(5,6)14-13-25(20,3)4/h9-12,15-16,21,23H,8,13-14,17H2,1-7H3,(H,28,29)/t21-,23+,27+/m0/s1. The third-order valence-corrected chi connectivity index (χ3v) is 7.68. The predicted molar refractivity (Wildman–Crippen MR) is 123 cm³/mol. The van der Waals surface area contributed by atoms with Crippen molar-refractivity contribution in [3.63, 3.8) is 0 Å². The number of carbonyl (C=O) groups is 1. The van der Waals surface area contributed by atoms with Crippen molar-refractivity contribution >= 4 is 5.97 Å². The van der Waals surface area contributed by atoms with Crippen LogP contribution in [0.5, 0.6) is 0 Å². The molecule has 3 rings (SSSR count). The molecule has 0 aromatic heterocycles. The van der Waals surface area contributed by atoms with Crippen LogP contribution in [0.1, 0.15) is 78.0 Å². The van der Waals surface area contributed by atoms with E-state index in [0.29, 0.717) is 18.4 Å². The van der Waals surface area contributed by atoms with E-state index in [9.17, 15) is 4.79 Å². The molecule has 0 aliphatic heterocycles. The van der Waals surface area contributed by atoms with Gasteiger partial charge in [0, 0.05) is 18.1 Å². The molecule has 0 saturated heterocycles. The van der Waals surface area contributed by atoms with Gasteiger partial charge in [-0.1, -0.05) is 65.0 Å². The van der Waals surface area contributed by atoms with Crippen molar-refractivity contribution in [1.82, 2.24) is 0 Å². The molecular formula is C27H38O3. The monoisotopic (exact) mass is 410 g/mol. The fraction of sp³-hybridized carbons (Fsp3) is 0.593. The molecule has 1 saturated carbocycles. The average Bonchev–Trinajstić information content (AvgIpc) is 3.25. The van der Waals surface area contributed by atoms with E-state index in [1.807, 2.05) is 19.9 Å². The summed E-state index contributed by atoms with van der Waals surface area (Å²) in [6.45, 7) is 17.1. The van der Waals surface area contributed by atoms with Crippen molar-refractivity contribution in [2.75, 3.05) is 13.2 Å². The third kappa shape index (κ3) is 4.14. The molecule has 0 spiro atoms. The normalized spacial score (nSPS) is 29.6. The zero-order valence-corrected chi connectivity index (χ0v) is 19.7. The number of allylic oxidation sites excluding steroid dienone is 3. The molecule has 164 valence electrons.